The fraction of sp³-hybridized carbons (Fsp3) is 0.135. The van der Waals surface area contributed by atoms with Gasteiger partial charge in [-0.25, -0.2) is 14.8 Å². The molecule has 0 aliphatic heterocycles. The molecule has 0 fully saturated rings. The summed E-state index contributed by atoms with van der Waals surface area (Å²) in [4.78, 5) is 35.8. The molecule has 11 rings (SSSR count). The van der Waals surface area contributed by atoms with Gasteiger partial charge in [-0.05, 0) is 96.4 Å². The zero-order chi connectivity index (χ0) is 47.8. The molecule has 0 saturated heterocycles. The van der Waals surface area contributed by atoms with Gasteiger partial charge in [0.25, 0.3) is 0 Å². The van der Waals surface area contributed by atoms with Gasteiger partial charge in [0.05, 0.1) is 23.4 Å². The van der Waals surface area contributed by atoms with Crippen LogP contribution in [0.1, 0.15) is 18.4 Å². The van der Waals surface area contributed by atoms with E-state index < -0.39 is 6.09 Å². The lowest BCUT2D eigenvalue weighted by Crippen LogP contribution is -2.29. The second-order valence-electron chi connectivity index (χ2n) is 16.3. The largest absolute Gasteiger partial charge is 0.445 e. The van der Waals surface area contributed by atoms with Crippen LogP contribution >= 0.6 is 22.7 Å². The number of hydrogen-bond donors (Lipinski definition) is 6. The number of H-pyrrole nitrogens is 2. The average molecular weight is 965 g/mol. The minimum Gasteiger partial charge on any atom is -0.445 e. The van der Waals surface area contributed by atoms with Gasteiger partial charge in [-0.1, -0.05) is 66.7 Å². The van der Waals surface area contributed by atoms with Crippen molar-refractivity contribution in [1.82, 2.24) is 45.6 Å². The highest BCUT2D eigenvalue weighted by atomic mass is 32.1. The third kappa shape index (κ3) is 10.2. The topological polar surface area (TPSA) is 232 Å². The number of aromatic amines is 2. The summed E-state index contributed by atoms with van der Waals surface area (Å²) in [5.74, 6) is 1.86. The molecule has 6 heterocycles. The molecule has 0 radical (unpaired) electrons. The maximum atomic E-state index is 12.2. The summed E-state index contributed by atoms with van der Waals surface area (Å²) >= 11 is 3.51. The predicted molar refractivity (Wildman–Crippen MR) is 284 cm³/mol. The average Bonchev–Trinajstić information content (AvgIpc) is 4.23. The summed E-state index contributed by atoms with van der Waals surface area (Å²) in [6, 6.07) is 43.0. The highest BCUT2D eigenvalue weighted by molar-refractivity contribution is 7.22. The molecule has 0 aliphatic carbocycles. The van der Waals surface area contributed by atoms with E-state index >= 15 is 0 Å². The molecule has 6 aromatic heterocycles. The molecule has 0 atom stereocenters. The number of nitrogens with zero attached hydrogens (tertiary/aromatic N) is 8. The highest BCUT2D eigenvalue weighted by Gasteiger charge is 2.20. The van der Waals surface area contributed by atoms with Crippen LogP contribution in [-0.4, -0.2) is 72.6 Å². The summed E-state index contributed by atoms with van der Waals surface area (Å²) < 4.78 is 7.82. The lowest BCUT2D eigenvalue weighted by Gasteiger charge is -2.25. The van der Waals surface area contributed by atoms with E-state index in [-0.39, 0.29) is 18.5 Å². The Morgan fingerprint density at radius 3 is 1.64 bits per heavy atom. The Balaban J connectivity index is 0.000000169. The number of fused-ring (bicyclic) bond motifs is 4. The van der Waals surface area contributed by atoms with Gasteiger partial charge in [0.1, 0.15) is 18.2 Å². The number of anilines is 6. The van der Waals surface area contributed by atoms with Crippen molar-refractivity contribution in [2.45, 2.75) is 19.4 Å². The Hall–Kier alpha value is -8.45. The van der Waals surface area contributed by atoms with E-state index in [1.165, 1.54) is 25.0 Å². The van der Waals surface area contributed by atoms with Crippen molar-refractivity contribution in [2.75, 3.05) is 47.4 Å². The number of carbonyl (C=O) groups is 1. The predicted octanol–water partition coefficient (Wildman–Crippen LogP) is 10.6. The zero-order valence-electron chi connectivity index (χ0n) is 37.8. The van der Waals surface area contributed by atoms with Gasteiger partial charge in [-0.3, -0.25) is 10.2 Å². The van der Waals surface area contributed by atoms with E-state index in [4.69, 9.17) is 21.9 Å². The minimum atomic E-state index is -0.450. The van der Waals surface area contributed by atoms with Crippen LogP contribution < -0.4 is 32.3 Å². The van der Waals surface area contributed by atoms with E-state index in [0.29, 0.717) is 31.9 Å². The zero-order valence-corrected chi connectivity index (χ0v) is 39.5. The van der Waals surface area contributed by atoms with Crippen molar-refractivity contribution in [3.8, 4) is 20.9 Å². The van der Waals surface area contributed by atoms with Crippen LogP contribution in [0.5, 0.6) is 0 Å². The second-order valence-corrected chi connectivity index (χ2v) is 18.5. The smallest absolute Gasteiger partial charge is 0.407 e. The lowest BCUT2D eigenvalue weighted by molar-refractivity contribution is 0.139. The Bertz CT molecular complexity index is 3490. The van der Waals surface area contributed by atoms with Gasteiger partial charge >= 0.3 is 6.09 Å². The second kappa shape index (κ2) is 20.8. The molecule has 0 spiro atoms. The summed E-state index contributed by atoms with van der Waals surface area (Å²) in [5.41, 5.74) is 24.7. The monoisotopic (exact) mass is 964 g/mol. The Kier molecular flexibility index (Phi) is 13.5. The Morgan fingerprint density at radius 2 is 1.13 bits per heavy atom. The standard InChI is InChI=1S/C30H27N7O2S.C22H21N7S/c31-29-32-13-11-27(35-29)37(14-6-12-33-30(38)39-19-20-7-2-1-3-8-20)23-15-22-18-34-36-28(22)24(17-23)26-16-21-9-4-5-10-25(21)40-26;23-7-3-9-29(20-6-8-25-22(24)27-20)16-10-15-13-26-28-21(15)17(12-16)19-11-14-4-1-2-5-18(14)30-19/h1-5,7-11,13,15-18H,6,12,14,19H2,(H,33,38)(H,34,36)(H2,31,32,35);1-2,4-6,8,10-13H,3,7,9,23H2,(H,26,28)(H2,24,25,27). The fourth-order valence-corrected chi connectivity index (χ4v) is 10.4. The molecular formula is C52H48N14O2S2. The van der Waals surface area contributed by atoms with E-state index in [1.807, 2.05) is 60.9 Å². The van der Waals surface area contributed by atoms with E-state index in [9.17, 15) is 4.79 Å². The quantitative estimate of drug-likeness (QED) is 0.0526. The Morgan fingerprint density at radius 1 is 0.614 bits per heavy atom. The normalized spacial score (nSPS) is 11.2. The first kappa shape index (κ1) is 45.3. The molecule has 0 aliphatic rings. The maximum absolute atomic E-state index is 12.2. The lowest BCUT2D eigenvalue weighted by atomic mass is 10.1. The van der Waals surface area contributed by atoms with Crippen molar-refractivity contribution in [3.05, 3.63) is 158 Å². The van der Waals surface area contributed by atoms with E-state index in [2.05, 4.69) is 134 Å². The molecule has 0 unspecified atom stereocenters. The summed E-state index contributed by atoms with van der Waals surface area (Å²) in [6.07, 6.45) is 8.02. The number of carbonyl (C=O) groups excluding carboxylic acids is 1. The third-order valence-corrected chi connectivity index (χ3v) is 13.9. The van der Waals surface area contributed by atoms with Gasteiger partial charge in [0, 0.05) is 84.5 Å². The number of hydrogen-bond acceptors (Lipinski definition) is 15. The summed E-state index contributed by atoms with van der Waals surface area (Å²) in [5, 5.41) is 22.2. The number of nitrogens with two attached hydrogens (primary N) is 3. The number of rotatable bonds is 15. The number of ether oxygens (including phenoxy) is 1. The molecule has 70 heavy (non-hydrogen) atoms. The number of thiophene rings is 2. The van der Waals surface area contributed by atoms with Crippen LogP contribution in [0.2, 0.25) is 0 Å². The number of amides is 1. The van der Waals surface area contributed by atoms with Crippen molar-refractivity contribution in [1.29, 1.82) is 0 Å². The third-order valence-electron chi connectivity index (χ3n) is 11.6. The highest BCUT2D eigenvalue weighted by Crippen LogP contribution is 2.42. The summed E-state index contributed by atoms with van der Waals surface area (Å²) in [7, 11) is 0. The van der Waals surface area contributed by atoms with Crippen molar-refractivity contribution in [3.63, 3.8) is 0 Å². The van der Waals surface area contributed by atoms with Gasteiger partial charge < -0.3 is 37.1 Å². The molecule has 350 valence electrons. The number of alkyl carbamates (subject to hydrolysis) is 1. The van der Waals surface area contributed by atoms with Gasteiger partial charge in [0.2, 0.25) is 11.9 Å². The van der Waals surface area contributed by atoms with Gasteiger partial charge in [0.15, 0.2) is 0 Å². The number of nitrogen functional groups attached to an aromatic ring is 2. The molecule has 0 bridgehead atoms. The number of aromatic nitrogens is 8. The number of nitrogens with one attached hydrogen (secondary N) is 3. The molecular weight excluding hydrogens is 917 g/mol. The first-order valence-electron chi connectivity index (χ1n) is 22.7. The molecule has 18 heteroatoms. The number of benzene rings is 5. The minimum absolute atomic E-state index is 0.194. The molecule has 1 amide bonds. The first-order chi connectivity index (χ1) is 34.4. The molecule has 5 aromatic carbocycles. The molecule has 16 nitrogen and oxygen atoms in total. The van der Waals surface area contributed by atoms with Crippen LogP contribution in [-0.2, 0) is 11.3 Å². The van der Waals surface area contributed by atoms with Crippen LogP contribution in [0.25, 0.3) is 62.9 Å². The summed E-state index contributed by atoms with van der Waals surface area (Å²) in [6.45, 7) is 2.55. The Labute approximate surface area is 410 Å². The SMILES string of the molecule is NCCCN(c1cc(-c2cc3ccccc3s2)c2[nH]ncc2c1)c1ccnc(N)n1.Nc1nccc(N(CCCNC(=O)OCc2ccccc2)c2cc(-c3cc4ccccc4s3)c3[nH]ncc3c2)n1. The van der Waals surface area contributed by atoms with Crippen molar-refractivity contribution < 1.29 is 9.53 Å². The maximum Gasteiger partial charge on any atom is 0.407 e. The van der Waals surface area contributed by atoms with E-state index in [0.717, 1.165) is 73.5 Å². The molecule has 0 saturated carbocycles. The van der Waals surface area contributed by atoms with Crippen LogP contribution in [0.4, 0.5) is 39.7 Å². The van der Waals surface area contributed by atoms with E-state index in [1.54, 1.807) is 35.1 Å². The van der Waals surface area contributed by atoms with Crippen molar-refractivity contribution in [2.24, 2.45) is 5.73 Å². The fourth-order valence-electron chi connectivity index (χ4n) is 8.24. The van der Waals surface area contributed by atoms with Crippen LogP contribution in [0, 0.1) is 0 Å². The van der Waals surface area contributed by atoms with Crippen molar-refractivity contribution >= 4 is 106 Å². The molecule has 9 N–H and O–H groups in total. The van der Waals surface area contributed by atoms with Crippen LogP contribution in [0.3, 0.4) is 0 Å². The molecule has 11 aromatic rings. The van der Waals surface area contributed by atoms with Crippen LogP contribution in [0.15, 0.2) is 152 Å². The van der Waals surface area contributed by atoms with Gasteiger partial charge in [-0.15, -0.1) is 22.7 Å². The van der Waals surface area contributed by atoms with Gasteiger partial charge in [-0.2, -0.15) is 20.2 Å². The first-order valence-corrected chi connectivity index (χ1v) is 24.3.